The predicted octanol–water partition coefficient (Wildman–Crippen LogP) is 2.68. The van der Waals surface area contributed by atoms with Crippen molar-refractivity contribution in [2.75, 3.05) is 13.1 Å². The van der Waals surface area contributed by atoms with Crippen LogP contribution in [-0.2, 0) is 0 Å². The minimum absolute atomic E-state index is 1.06. The minimum atomic E-state index is 1.06. The van der Waals surface area contributed by atoms with Gasteiger partial charge in [0.25, 0.3) is 0 Å². The van der Waals surface area contributed by atoms with Crippen molar-refractivity contribution in [1.29, 1.82) is 0 Å². The first-order valence-electron chi connectivity index (χ1n) is 5.23. The Kier molecular flexibility index (Phi) is 2.69. The van der Waals surface area contributed by atoms with Crippen LogP contribution in [0.1, 0.15) is 23.1 Å². The first-order valence-corrected chi connectivity index (χ1v) is 5.23. The first kappa shape index (κ1) is 9.47. The molecule has 1 aromatic carbocycles. The van der Waals surface area contributed by atoms with Crippen LogP contribution in [0, 0.1) is 13.8 Å². The molecular formula is C13H17N. The Morgan fingerprint density at radius 2 is 2.14 bits per heavy atom. The van der Waals surface area contributed by atoms with Crippen molar-refractivity contribution in [3.05, 3.63) is 40.5 Å². The molecular weight excluding hydrogens is 170 g/mol. The third-order valence-corrected chi connectivity index (χ3v) is 2.77. The standard InChI is InChI=1S/C13H17N/c1-10-3-4-11(2)13(7-10)8-12-5-6-14-9-12/h3-4,7-8,14H,5-6,9H2,1-2H3/b12-8-. The lowest BCUT2D eigenvalue weighted by molar-refractivity contribution is 0.862. The van der Waals surface area contributed by atoms with Crippen LogP contribution < -0.4 is 5.32 Å². The first-order chi connectivity index (χ1) is 6.75. The van der Waals surface area contributed by atoms with E-state index in [0.717, 1.165) is 13.1 Å². The quantitative estimate of drug-likeness (QED) is 0.712. The molecule has 1 heteroatoms. The predicted molar refractivity (Wildman–Crippen MR) is 61.4 cm³/mol. The minimum Gasteiger partial charge on any atom is -0.313 e. The van der Waals surface area contributed by atoms with Gasteiger partial charge in [-0.2, -0.15) is 0 Å². The lowest BCUT2D eigenvalue weighted by Crippen LogP contribution is -2.04. The Balaban J connectivity index is 2.31. The molecule has 0 bridgehead atoms. The van der Waals surface area contributed by atoms with Crippen LogP contribution in [0.5, 0.6) is 0 Å². The highest BCUT2D eigenvalue weighted by Gasteiger charge is 2.05. The van der Waals surface area contributed by atoms with Gasteiger partial charge in [-0.05, 0) is 37.9 Å². The zero-order chi connectivity index (χ0) is 9.97. The second kappa shape index (κ2) is 3.97. The van der Waals surface area contributed by atoms with Crippen LogP contribution in [0.2, 0.25) is 0 Å². The van der Waals surface area contributed by atoms with Crippen LogP contribution in [0.25, 0.3) is 6.08 Å². The largest absolute Gasteiger partial charge is 0.313 e. The Morgan fingerprint density at radius 3 is 2.86 bits per heavy atom. The van der Waals surface area contributed by atoms with Crippen molar-refractivity contribution < 1.29 is 0 Å². The Morgan fingerprint density at radius 1 is 1.29 bits per heavy atom. The highest BCUT2D eigenvalue weighted by molar-refractivity contribution is 5.58. The monoisotopic (exact) mass is 187 g/mol. The lowest BCUT2D eigenvalue weighted by atomic mass is 10.0. The molecule has 0 amide bonds. The van der Waals surface area contributed by atoms with Crippen molar-refractivity contribution in [3.63, 3.8) is 0 Å². The second-order valence-electron chi connectivity index (χ2n) is 4.09. The van der Waals surface area contributed by atoms with Gasteiger partial charge >= 0.3 is 0 Å². The highest BCUT2D eigenvalue weighted by Crippen LogP contribution is 2.17. The molecule has 0 aliphatic carbocycles. The lowest BCUT2D eigenvalue weighted by Gasteiger charge is -2.03. The molecule has 1 nitrogen and oxygen atoms in total. The maximum Gasteiger partial charge on any atom is 0.0168 e. The molecule has 1 saturated heterocycles. The zero-order valence-electron chi connectivity index (χ0n) is 8.93. The van der Waals surface area contributed by atoms with Crippen molar-refractivity contribution in [1.82, 2.24) is 5.32 Å². The average Bonchev–Trinajstić information content (AvgIpc) is 2.64. The molecule has 74 valence electrons. The van der Waals surface area contributed by atoms with Gasteiger partial charge in [-0.3, -0.25) is 0 Å². The molecule has 1 aromatic rings. The Bertz CT molecular complexity index is 355. The van der Waals surface area contributed by atoms with Crippen LogP contribution in [0.3, 0.4) is 0 Å². The summed E-state index contributed by atoms with van der Waals surface area (Å²) in [6.45, 7) is 6.52. The van der Waals surface area contributed by atoms with Gasteiger partial charge in [0.05, 0.1) is 0 Å². The van der Waals surface area contributed by atoms with Gasteiger partial charge in [-0.1, -0.05) is 35.4 Å². The van der Waals surface area contributed by atoms with Crippen molar-refractivity contribution in [2.24, 2.45) is 0 Å². The molecule has 1 heterocycles. The van der Waals surface area contributed by atoms with Gasteiger partial charge in [0.15, 0.2) is 0 Å². The molecule has 0 aromatic heterocycles. The highest BCUT2D eigenvalue weighted by atomic mass is 14.9. The van der Waals surface area contributed by atoms with Crippen LogP contribution in [0.4, 0.5) is 0 Å². The summed E-state index contributed by atoms with van der Waals surface area (Å²) in [7, 11) is 0. The van der Waals surface area contributed by atoms with E-state index in [-0.39, 0.29) is 0 Å². The van der Waals surface area contributed by atoms with Gasteiger partial charge in [0.1, 0.15) is 0 Å². The van der Waals surface area contributed by atoms with Crippen LogP contribution in [-0.4, -0.2) is 13.1 Å². The fraction of sp³-hybridized carbons (Fsp3) is 0.385. The third kappa shape index (κ3) is 2.05. The fourth-order valence-electron chi connectivity index (χ4n) is 1.84. The molecule has 0 saturated carbocycles. The van der Waals surface area contributed by atoms with Crippen LogP contribution >= 0.6 is 0 Å². The van der Waals surface area contributed by atoms with E-state index >= 15 is 0 Å². The number of nitrogens with one attached hydrogen (secondary N) is 1. The number of aryl methyl sites for hydroxylation is 2. The van der Waals surface area contributed by atoms with Gasteiger partial charge < -0.3 is 5.32 Å². The zero-order valence-corrected chi connectivity index (χ0v) is 8.93. The fourth-order valence-corrected chi connectivity index (χ4v) is 1.84. The van der Waals surface area contributed by atoms with Crippen LogP contribution in [0.15, 0.2) is 23.8 Å². The smallest absolute Gasteiger partial charge is 0.0168 e. The van der Waals surface area contributed by atoms with E-state index in [1.807, 2.05) is 0 Å². The van der Waals surface area contributed by atoms with E-state index in [1.54, 1.807) is 0 Å². The van der Waals surface area contributed by atoms with E-state index in [0.29, 0.717) is 0 Å². The van der Waals surface area contributed by atoms with Gasteiger partial charge in [-0.25, -0.2) is 0 Å². The summed E-state index contributed by atoms with van der Waals surface area (Å²) < 4.78 is 0. The topological polar surface area (TPSA) is 12.0 Å². The third-order valence-electron chi connectivity index (χ3n) is 2.77. The molecule has 0 atom stereocenters. The molecule has 1 aliphatic rings. The Hall–Kier alpha value is -1.08. The van der Waals surface area contributed by atoms with Gasteiger partial charge in [0, 0.05) is 6.54 Å². The average molecular weight is 187 g/mol. The number of hydrogen-bond acceptors (Lipinski definition) is 1. The van der Waals surface area contributed by atoms with Crippen molar-refractivity contribution >= 4 is 6.08 Å². The Labute approximate surface area is 85.8 Å². The normalized spacial score (nSPS) is 19.1. The summed E-state index contributed by atoms with van der Waals surface area (Å²) in [4.78, 5) is 0. The van der Waals surface area contributed by atoms with E-state index < -0.39 is 0 Å². The molecule has 1 fully saturated rings. The molecule has 0 spiro atoms. The van der Waals surface area contributed by atoms with E-state index in [2.05, 4.69) is 43.4 Å². The SMILES string of the molecule is Cc1ccc(C)c(/C=C2/CCNC2)c1. The molecule has 1 N–H and O–H groups in total. The van der Waals surface area contributed by atoms with E-state index in [9.17, 15) is 0 Å². The summed E-state index contributed by atoms with van der Waals surface area (Å²) in [5, 5.41) is 3.36. The van der Waals surface area contributed by atoms with Crippen molar-refractivity contribution in [2.45, 2.75) is 20.3 Å². The maximum absolute atomic E-state index is 3.36. The van der Waals surface area contributed by atoms with E-state index in [4.69, 9.17) is 0 Å². The number of rotatable bonds is 1. The molecule has 2 rings (SSSR count). The summed E-state index contributed by atoms with van der Waals surface area (Å²) in [6, 6.07) is 6.63. The summed E-state index contributed by atoms with van der Waals surface area (Å²) in [6.07, 6.45) is 3.54. The molecule has 14 heavy (non-hydrogen) atoms. The van der Waals surface area contributed by atoms with E-state index in [1.165, 1.54) is 28.7 Å². The summed E-state index contributed by atoms with van der Waals surface area (Å²) in [5.74, 6) is 0. The van der Waals surface area contributed by atoms with Gasteiger partial charge in [-0.15, -0.1) is 0 Å². The molecule has 0 unspecified atom stereocenters. The summed E-state index contributed by atoms with van der Waals surface area (Å²) >= 11 is 0. The number of hydrogen-bond donors (Lipinski definition) is 1. The molecule has 0 radical (unpaired) electrons. The maximum atomic E-state index is 3.36. The molecule has 1 aliphatic heterocycles. The summed E-state index contributed by atoms with van der Waals surface area (Å²) in [5.41, 5.74) is 5.62. The van der Waals surface area contributed by atoms with Crippen molar-refractivity contribution in [3.8, 4) is 0 Å². The van der Waals surface area contributed by atoms with Gasteiger partial charge in [0.2, 0.25) is 0 Å². The second-order valence-corrected chi connectivity index (χ2v) is 4.09. The number of benzene rings is 1.